The first kappa shape index (κ1) is 22.0. The molecule has 2 heterocycles. The summed E-state index contributed by atoms with van der Waals surface area (Å²) < 4.78 is 39.8. The van der Waals surface area contributed by atoms with Crippen LogP contribution in [0.15, 0.2) is 48.9 Å². The van der Waals surface area contributed by atoms with Crippen molar-refractivity contribution in [2.45, 2.75) is 6.42 Å². The molecular weight excluding hydrogens is 454 g/mol. The van der Waals surface area contributed by atoms with Gasteiger partial charge in [-0.25, -0.2) is 18.4 Å². The van der Waals surface area contributed by atoms with Gasteiger partial charge in [-0.1, -0.05) is 11.6 Å². The molecule has 0 spiro atoms. The zero-order valence-electron chi connectivity index (χ0n) is 17.4. The fraction of sp³-hybridized carbons (Fsp3) is 0.227. The van der Waals surface area contributed by atoms with Crippen LogP contribution in [0.3, 0.4) is 0 Å². The summed E-state index contributed by atoms with van der Waals surface area (Å²) in [4.78, 5) is 12.9. The number of hydrogen-bond acceptors (Lipinski definition) is 8. The van der Waals surface area contributed by atoms with Crippen molar-refractivity contribution in [2.75, 3.05) is 25.7 Å². The van der Waals surface area contributed by atoms with Gasteiger partial charge in [0.1, 0.15) is 21.9 Å². The number of hydrogen-bond donors (Lipinski definition) is 0. The molecule has 0 radical (unpaired) electrons. The van der Waals surface area contributed by atoms with Crippen LogP contribution in [0.25, 0.3) is 21.8 Å². The summed E-state index contributed by atoms with van der Waals surface area (Å²) in [6, 6.07) is 10.6. The molecular formula is C22H20ClN3O5S. The molecule has 4 rings (SSSR count). The van der Waals surface area contributed by atoms with Crippen LogP contribution in [0, 0.1) is 0 Å². The van der Waals surface area contributed by atoms with Crippen LogP contribution < -0.4 is 14.2 Å². The Morgan fingerprint density at radius 2 is 1.78 bits per heavy atom. The Hall–Kier alpha value is -3.17. The van der Waals surface area contributed by atoms with E-state index in [4.69, 9.17) is 25.8 Å². The van der Waals surface area contributed by atoms with E-state index in [2.05, 4.69) is 15.0 Å². The van der Waals surface area contributed by atoms with Gasteiger partial charge in [-0.2, -0.15) is 0 Å². The largest absolute Gasteiger partial charge is 0.493 e. The van der Waals surface area contributed by atoms with Gasteiger partial charge in [0, 0.05) is 30.0 Å². The highest BCUT2D eigenvalue weighted by Crippen LogP contribution is 2.36. The van der Waals surface area contributed by atoms with E-state index in [0.29, 0.717) is 51.0 Å². The highest BCUT2D eigenvalue weighted by Gasteiger charge is 2.14. The minimum atomic E-state index is -3.04. The van der Waals surface area contributed by atoms with Crippen molar-refractivity contribution in [3.63, 3.8) is 0 Å². The Morgan fingerprint density at radius 1 is 0.969 bits per heavy atom. The number of aromatic nitrogens is 3. The van der Waals surface area contributed by atoms with Gasteiger partial charge in [-0.05, 0) is 30.7 Å². The maximum absolute atomic E-state index is 11.3. The van der Waals surface area contributed by atoms with Crippen molar-refractivity contribution in [3.05, 3.63) is 53.9 Å². The third-order valence-corrected chi connectivity index (χ3v) is 6.04. The maximum atomic E-state index is 11.3. The molecule has 0 saturated heterocycles. The van der Waals surface area contributed by atoms with Crippen molar-refractivity contribution < 1.29 is 22.6 Å². The van der Waals surface area contributed by atoms with Crippen LogP contribution in [0.5, 0.6) is 23.1 Å². The van der Waals surface area contributed by atoms with Gasteiger partial charge < -0.3 is 14.2 Å². The first-order valence-electron chi connectivity index (χ1n) is 9.69. The van der Waals surface area contributed by atoms with Crippen molar-refractivity contribution in [2.24, 2.45) is 0 Å². The third kappa shape index (κ3) is 5.00. The maximum Gasteiger partial charge on any atom is 0.230 e. The summed E-state index contributed by atoms with van der Waals surface area (Å²) in [7, 11) is -1.52. The number of fused-ring (bicyclic) bond motifs is 2. The van der Waals surface area contributed by atoms with Gasteiger partial charge in [0.05, 0.1) is 40.9 Å². The first-order valence-corrected chi connectivity index (χ1v) is 12.1. The first-order chi connectivity index (χ1) is 15.3. The second-order valence-electron chi connectivity index (χ2n) is 7.10. The number of nitrogens with zero attached hydrogens (tertiary/aromatic N) is 3. The second kappa shape index (κ2) is 9.13. The van der Waals surface area contributed by atoms with Gasteiger partial charge in [-0.15, -0.1) is 0 Å². The second-order valence-corrected chi connectivity index (χ2v) is 9.77. The molecule has 8 nitrogen and oxygen atoms in total. The van der Waals surface area contributed by atoms with E-state index >= 15 is 0 Å². The smallest absolute Gasteiger partial charge is 0.230 e. The number of ether oxygens (including phenoxy) is 3. The predicted molar refractivity (Wildman–Crippen MR) is 123 cm³/mol. The average Bonchev–Trinajstić information content (AvgIpc) is 2.76. The molecule has 0 aliphatic carbocycles. The molecule has 10 heteroatoms. The highest BCUT2D eigenvalue weighted by atomic mass is 35.5. The van der Waals surface area contributed by atoms with Crippen molar-refractivity contribution >= 4 is 43.2 Å². The summed E-state index contributed by atoms with van der Waals surface area (Å²) in [5, 5.41) is 2.07. The lowest BCUT2D eigenvalue weighted by Crippen LogP contribution is -2.08. The minimum Gasteiger partial charge on any atom is -0.493 e. The Kier molecular flexibility index (Phi) is 6.29. The minimum absolute atomic E-state index is 0.0505. The molecule has 0 fully saturated rings. The lowest BCUT2D eigenvalue weighted by Gasteiger charge is -2.13. The van der Waals surface area contributed by atoms with Gasteiger partial charge in [0.15, 0.2) is 11.5 Å². The van der Waals surface area contributed by atoms with Crippen LogP contribution in [0.2, 0.25) is 5.02 Å². The summed E-state index contributed by atoms with van der Waals surface area (Å²) in [5.74, 6) is 1.87. The fourth-order valence-corrected chi connectivity index (χ4v) is 4.02. The average molecular weight is 474 g/mol. The lowest BCUT2D eigenvalue weighted by molar-refractivity contribution is 0.295. The topological polar surface area (TPSA) is 100 Å². The SMILES string of the molecule is COc1cc2c(Oc3ccc4c(Cl)ccnc4c3)ncnc2cc1OCCCS(C)(=O)=O. The summed E-state index contributed by atoms with van der Waals surface area (Å²) >= 11 is 6.21. The zero-order valence-corrected chi connectivity index (χ0v) is 19.0. The number of rotatable bonds is 8. The van der Waals surface area contributed by atoms with Crippen molar-refractivity contribution in [1.29, 1.82) is 0 Å². The molecule has 2 aromatic heterocycles. The van der Waals surface area contributed by atoms with E-state index < -0.39 is 9.84 Å². The van der Waals surface area contributed by atoms with E-state index in [-0.39, 0.29) is 12.4 Å². The lowest BCUT2D eigenvalue weighted by atomic mass is 10.2. The molecule has 0 amide bonds. The Balaban J connectivity index is 1.62. The Labute approximate surface area is 190 Å². The molecule has 0 aliphatic heterocycles. The van der Waals surface area contributed by atoms with Gasteiger partial charge in [-0.3, -0.25) is 4.98 Å². The number of methoxy groups -OCH3 is 1. The standard InChI is InChI=1S/C22H20ClN3O5S/c1-29-20-11-16-19(12-21(20)30-8-3-9-32(2,27)28)25-13-26-22(16)31-14-4-5-15-17(23)6-7-24-18(15)10-14/h4-7,10-13H,3,8-9H2,1-2H3. The van der Waals surface area contributed by atoms with E-state index in [1.807, 2.05) is 6.07 Å². The van der Waals surface area contributed by atoms with Crippen LogP contribution >= 0.6 is 11.6 Å². The van der Waals surface area contributed by atoms with E-state index in [9.17, 15) is 8.42 Å². The van der Waals surface area contributed by atoms with Crippen LogP contribution in [0.1, 0.15) is 6.42 Å². The zero-order chi connectivity index (χ0) is 22.7. The van der Waals surface area contributed by atoms with Gasteiger partial charge in [0.25, 0.3) is 0 Å². The van der Waals surface area contributed by atoms with Gasteiger partial charge >= 0.3 is 0 Å². The molecule has 0 saturated carbocycles. The van der Waals surface area contributed by atoms with Gasteiger partial charge in [0.2, 0.25) is 5.88 Å². The monoisotopic (exact) mass is 473 g/mol. The van der Waals surface area contributed by atoms with Crippen LogP contribution in [-0.4, -0.2) is 49.1 Å². The van der Waals surface area contributed by atoms with Crippen LogP contribution in [0.4, 0.5) is 0 Å². The summed E-state index contributed by atoms with van der Waals surface area (Å²) in [6.45, 7) is 0.232. The third-order valence-electron chi connectivity index (χ3n) is 4.68. The van der Waals surface area contributed by atoms with Crippen molar-refractivity contribution in [1.82, 2.24) is 15.0 Å². The molecule has 4 aromatic rings. The fourth-order valence-electron chi connectivity index (χ4n) is 3.17. The van der Waals surface area contributed by atoms with Crippen molar-refractivity contribution in [3.8, 4) is 23.1 Å². The molecule has 0 aliphatic rings. The summed E-state index contributed by atoms with van der Waals surface area (Å²) in [5.41, 5.74) is 1.30. The van der Waals surface area contributed by atoms with Crippen LogP contribution in [-0.2, 0) is 9.84 Å². The number of benzene rings is 2. The summed E-state index contributed by atoms with van der Waals surface area (Å²) in [6.07, 6.45) is 4.60. The quantitative estimate of drug-likeness (QED) is 0.346. The number of pyridine rings is 1. The normalized spacial score (nSPS) is 11.6. The van der Waals surface area contributed by atoms with E-state index in [0.717, 1.165) is 5.39 Å². The molecule has 32 heavy (non-hydrogen) atoms. The Morgan fingerprint density at radius 3 is 2.56 bits per heavy atom. The molecule has 0 bridgehead atoms. The molecule has 166 valence electrons. The number of halogens is 1. The van der Waals surface area contributed by atoms with E-state index in [1.165, 1.54) is 19.7 Å². The molecule has 0 N–H and O–H groups in total. The molecule has 0 atom stereocenters. The Bertz CT molecular complexity index is 1400. The predicted octanol–water partition coefficient (Wildman–Crippen LogP) is 4.45. The highest BCUT2D eigenvalue weighted by molar-refractivity contribution is 7.90. The van der Waals surface area contributed by atoms with E-state index in [1.54, 1.807) is 36.5 Å². The molecule has 0 unspecified atom stereocenters. The molecule has 2 aromatic carbocycles. The number of sulfone groups is 1.